The van der Waals surface area contributed by atoms with Crippen molar-refractivity contribution >= 4 is 5.97 Å². The average molecular weight is 279 g/mol. The van der Waals surface area contributed by atoms with E-state index in [0.717, 1.165) is 31.7 Å². The van der Waals surface area contributed by atoms with Gasteiger partial charge < -0.3 is 14.7 Å². The van der Waals surface area contributed by atoms with E-state index in [1.807, 2.05) is 0 Å². The highest BCUT2D eigenvalue weighted by atomic mass is 19.1. The van der Waals surface area contributed by atoms with Gasteiger partial charge >= 0.3 is 5.97 Å². The largest absolute Gasteiger partial charge is 0.489 e. The molecule has 0 unspecified atom stereocenters. The summed E-state index contributed by atoms with van der Waals surface area (Å²) in [6, 6.07) is 4.58. The summed E-state index contributed by atoms with van der Waals surface area (Å²) in [5.41, 5.74) is 0.0256. The average Bonchev–Trinajstić information content (AvgIpc) is 2.62. The summed E-state index contributed by atoms with van der Waals surface area (Å²) in [6.07, 6.45) is 4.06. The van der Waals surface area contributed by atoms with E-state index in [9.17, 15) is 9.18 Å². The van der Waals surface area contributed by atoms with Gasteiger partial charge in [0.05, 0.1) is 0 Å². The van der Waals surface area contributed by atoms with Crippen LogP contribution in [0.3, 0.4) is 0 Å². The van der Waals surface area contributed by atoms with Gasteiger partial charge in [-0.3, -0.25) is 0 Å². The summed E-state index contributed by atoms with van der Waals surface area (Å²) in [5, 5.41) is 9.13. The van der Waals surface area contributed by atoms with Crippen LogP contribution in [0.4, 0.5) is 4.39 Å². The van der Waals surface area contributed by atoms with Crippen molar-refractivity contribution < 1.29 is 19.0 Å². The minimum Gasteiger partial charge on any atom is -0.489 e. The first-order chi connectivity index (χ1) is 9.54. The number of halogens is 1. The number of carbonyl (C=O) groups is 1. The van der Waals surface area contributed by atoms with Crippen molar-refractivity contribution in [1.82, 2.24) is 4.90 Å². The molecule has 0 saturated carbocycles. The van der Waals surface area contributed by atoms with Crippen molar-refractivity contribution in [2.45, 2.75) is 43.9 Å². The fourth-order valence-corrected chi connectivity index (χ4v) is 3.41. The Hall–Kier alpha value is -1.62. The third kappa shape index (κ3) is 2.38. The topological polar surface area (TPSA) is 49.8 Å². The quantitative estimate of drug-likeness (QED) is 0.923. The number of carboxylic acids is 1. The number of carboxylic acid groups (broad SMARTS) is 1. The van der Waals surface area contributed by atoms with Gasteiger partial charge in [0.2, 0.25) is 0 Å². The van der Waals surface area contributed by atoms with Crippen molar-refractivity contribution in [3.63, 3.8) is 0 Å². The monoisotopic (exact) mass is 279 g/mol. The molecule has 20 heavy (non-hydrogen) atoms. The molecule has 2 fully saturated rings. The minimum atomic E-state index is -1.09. The smallest absolute Gasteiger partial charge is 0.339 e. The summed E-state index contributed by atoms with van der Waals surface area (Å²) in [6.45, 7) is 0. The van der Waals surface area contributed by atoms with Crippen molar-refractivity contribution in [2.24, 2.45) is 0 Å². The maximum Gasteiger partial charge on any atom is 0.339 e. The lowest BCUT2D eigenvalue weighted by atomic mass is 10.0. The molecule has 0 radical (unpaired) electrons. The van der Waals surface area contributed by atoms with Gasteiger partial charge in [0.15, 0.2) is 0 Å². The van der Waals surface area contributed by atoms with Crippen molar-refractivity contribution in [2.75, 3.05) is 7.05 Å². The van der Waals surface area contributed by atoms with E-state index in [2.05, 4.69) is 11.9 Å². The molecule has 1 aromatic rings. The normalized spacial score (nSPS) is 29.4. The fourth-order valence-electron chi connectivity index (χ4n) is 3.41. The first kappa shape index (κ1) is 13.4. The highest BCUT2D eigenvalue weighted by molar-refractivity contribution is 5.90. The third-order valence-corrected chi connectivity index (χ3v) is 4.52. The molecule has 0 aromatic heterocycles. The number of ether oxygens (including phenoxy) is 1. The second-order valence-electron chi connectivity index (χ2n) is 5.71. The Bertz CT molecular complexity index is 520. The number of fused-ring (bicyclic) bond motifs is 2. The van der Waals surface area contributed by atoms with E-state index in [1.165, 1.54) is 12.1 Å². The van der Waals surface area contributed by atoms with Gasteiger partial charge in [-0.1, -0.05) is 0 Å². The number of hydrogen-bond acceptors (Lipinski definition) is 3. The lowest BCUT2D eigenvalue weighted by Crippen LogP contribution is -2.43. The van der Waals surface area contributed by atoms with Crippen molar-refractivity contribution in [1.29, 1.82) is 0 Å². The van der Waals surface area contributed by atoms with Crippen LogP contribution in [-0.4, -0.2) is 41.2 Å². The van der Waals surface area contributed by atoms with Crippen molar-refractivity contribution in [3.05, 3.63) is 29.6 Å². The highest BCUT2D eigenvalue weighted by Crippen LogP contribution is 2.36. The van der Waals surface area contributed by atoms with E-state index >= 15 is 0 Å². The van der Waals surface area contributed by atoms with Crippen LogP contribution in [0.2, 0.25) is 0 Å². The SMILES string of the molecule is CN1[C@@H]2CC[C@H]1C[C@@H](Oc1cc(F)ccc1C(=O)O)C2. The molecular formula is C15H18FNO3. The van der Waals surface area contributed by atoms with E-state index in [-0.39, 0.29) is 17.4 Å². The number of piperidine rings is 1. The zero-order chi connectivity index (χ0) is 14.3. The molecule has 3 atom stereocenters. The van der Waals surface area contributed by atoms with E-state index in [4.69, 9.17) is 9.84 Å². The predicted octanol–water partition coefficient (Wildman–Crippen LogP) is 2.53. The molecule has 1 aromatic carbocycles. The molecule has 0 amide bonds. The summed E-state index contributed by atoms with van der Waals surface area (Å²) in [7, 11) is 2.13. The van der Waals surface area contributed by atoms with E-state index in [1.54, 1.807) is 0 Å². The minimum absolute atomic E-state index is 0.0244. The number of benzene rings is 1. The van der Waals surface area contributed by atoms with Gasteiger partial charge in [0.25, 0.3) is 0 Å². The molecule has 3 rings (SSSR count). The zero-order valence-electron chi connectivity index (χ0n) is 11.4. The van der Waals surface area contributed by atoms with Gasteiger partial charge in [-0.25, -0.2) is 9.18 Å². The summed E-state index contributed by atoms with van der Waals surface area (Å²) in [5.74, 6) is -1.41. The maximum absolute atomic E-state index is 13.3. The van der Waals surface area contributed by atoms with Crippen LogP contribution in [0.15, 0.2) is 18.2 Å². The second kappa shape index (κ2) is 5.05. The van der Waals surface area contributed by atoms with Crippen LogP contribution in [0, 0.1) is 5.82 Å². The van der Waals surface area contributed by atoms with Crippen molar-refractivity contribution in [3.8, 4) is 5.75 Å². The second-order valence-corrected chi connectivity index (χ2v) is 5.71. The molecule has 1 N–H and O–H groups in total. The molecule has 4 nitrogen and oxygen atoms in total. The summed E-state index contributed by atoms with van der Waals surface area (Å²) in [4.78, 5) is 13.5. The molecule has 2 heterocycles. The lowest BCUT2D eigenvalue weighted by molar-refractivity contribution is 0.0605. The van der Waals surface area contributed by atoms with Gasteiger partial charge in [0, 0.05) is 18.2 Å². The first-order valence-electron chi connectivity index (χ1n) is 6.96. The summed E-state index contributed by atoms with van der Waals surface area (Å²) < 4.78 is 19.1. The van der Waals surface area contributed by atoms with Crippen LogP contribution in [0.5, 0.6) is 5.75 Å². The fraction of sp³-hybridized carbons (Fsp3) is 0.533. The lowest BCUT2D eigenvalue weighted by Gasteiger charge is -2.36. The molecule has 2 aliphatic rings. The van der Waals surface area contributed by atoms with Gasteiger partial charge in [-0.2, -0.15) is 0 Å². The first-order valence-corrected chi connectivity index (χ1v) is 6.96. The Morgan fingerprint density at radius 1 is 1.35 bits per heavy atom. The Morgan fingerprint density at radius 3 is 2.60 bits per heavy atom. The van der Waals surface area contributed by atoms with Gasteiger partial charge in [0.1, 0.15) is 23.2 Å². The molecule has 2 bridgehead atoms. The van der Waals surface area contributed by atoms with E-state index < -0.39 is 11.8 Å². The summed E-state index contributed by atoms with van der Waals surface area (Å²) >= 11 is 0. The number of aromatic carboxylic acids is 1. The predicted molar refractivity (Wildman–Crippen MR) is 71.6 cm³/mol. The standard InChI is InChI=1S/C15H18FNO3/c1-17-10-3-4-11(17)8-12(7-10)20-14-6-9(16)2-5-13(14)15(18)19/h2,5-6,10-12H,3-4,7-8H2,1H3,(H,18,19)/t10-,11+,12+. The van der Waals surface area contributed by atoms with Gasteiger partial charge in [-0.15, -0.1) is 0 Å². The van der Waals surface area contributed by atoms with E-state index in [0.29, 0.717) is 12.1 Å². The van der Waals surface area contributed by atoms with Crippen LogP contribution in [0.25, 0.3) is 0 Å². The van der Waals surface area contributed by atoms with Crippen LogP contribution < -0.4 is 4.74 Å². The Kier molecular flexibility index (Phi) is 3.38. The number of hydrogen-bond donors (Lipinski definition) is 1. The number of nitrogens with zero attached hydrogens (tertiary/aromatic N) is 1. The molecule has 5 heteroatoms. The molecule has 0 spiro atoms. The molecular weight excluding hydrogens is 261 g/mol. The number of rotatable bonds is 3. The van der Waals surface area contributed by atoms with Crippen LogP contribution in [0.1, 0.15) is 36.0 Å². The molecule has 2 saturated heterocycles. The Balaban J connectivity index is 1.78. The molecule has 2 aliphatic heterocycles. The molecule has 0 aliphatic carbocycles. The third-order valence-electron chi connectivity index (χ3n) is 4.52. The van der Waals surface area contributed by atoms with Crippen LogP contribution in [-0.2, 0) is 0 Å². The highest BCUT2D eigenvalue weighted by Gasteiger charge is 2.39. The Morgan fingerprint density at radius 2 is 2.00 bits per heavy atom. The zero-order valence-corrected chi connectivity index (χ0v) is 11.4. The molecule has 108 valence electrons. The maximum atomic E-state index is 13.3. The Labute approximate surface area is 117 Å². The van der Waals surface area contributed by atoms with Crippen LogP contribution >= 0.6 is 0 Å². The van der Waals surface area contributed by atoms with Gasteiger partial charge in [-0.05, 0) is 44.9 Å².